The summed E-state index contributed by atoms with van der Waals surface area (Å²) in [6.45, 7) is 1.97. The van der Waals surface area contributed by atoms with Crippen LogP contribution in [0.15, 0.2) is 30.3 Å². The number of methoxy groups -OCH3 is 1. The van der Waals surface area contributed by atoms with Gasteiger partial charge in [-0.25, -0.2) is 9.37 Å². The smallest absolute Gasteiger partial charge is 0.417 e. The third kappa shape index (κ3) is 4.22. The first-order chi connectivity index (χ1) is 15.3. The molecule has 2 aromatic rings. The zero-order valence-electron chi connectivity index (χ0n) is 17.7. The zero-order valence-corrected chi connectivity index (χ0v) is 17.7. The van der Waals surface area contributed by atoms with Gasteiger partial charge in [-0.05, 0) is 25.1 Å². The minimum atomic E-state index is -4.89. The van der Waals surface area contributed by atoms with Gasteiger partial charge in [0.25, 0.3) is 11.8 Å². The maximum absolute atomic E-state index is 14.3. The van der Waals surface area contributed by atoms with Crippen LogP contribution in [0.2, 0.25) is 0 Å². The van der Waals surface area contributed by atoms with Crippen molar-refractivity contribution in [3.63, 3.8) is 0 Å². The number of benzene rings is 1. The highest BCUT2D eigenvalue weighted by Crippen LogP contribution is 2.54. The summed E-state index contributed by atoms with van der Waals surface area (Å²) < 4.78 is 80.0. The molecule has 178 valence electrons. The SMILES string of the molecule is COc1c([C@H]2[C@@H](C(=O)Nc3cccc(C(N)=O)n3)O[C@@](C)(C(F)(F)F)[C@H]2C)ccc(F)c1F. The van der Waals surface area contributed by atoms with Gasteiger partial charge < -0.3 is 20.5 Å². The number of aromatic nitrogens is 1. The molecule has 4 atom stereocenters. The minimum Gasteiger partial charge on any atom is -0.493 e. The number of hydrogen-bond donors (Lipinski definition) is 2. The first kappa shape index (κ1) is 24.4. The van der Waals surface area contributed by atoms with E-state index in [0.29, 0.717) is 0 Å². The van der Waals surface area contributed by atoms with Crippen LogP contribution in [0, 0.1) is 17.6 Å². The number of amides is 2. The van der Waals surface area contributed by atoms with Crippen molar-refractivity contribution >= 4 is 17.6 Å². The molecule has 2 amide bonds. The van der Waals surface area contributed by atoms with Crippen LogP contribution >= 0.6 is 0 Å². The molecular weight excluding hydrogens is 453 g/mol. The standard InChI is InChI=1S/C21H20F5N3O4/c1-9-14(10-7-8-11(22)15(23)16(10)32-3)17(33-20(9,2)21(24,25)26)19(31)29-13-6-4-5-12(28-13)18(27)30/h4-9,14,17H,1-3H3,(H2,27,30)(H,28,29,31)/t9-,14-,17-,20+/m0/s1. The molecule has 0 bridgehead atoms. The maximum atomic E-state index is 14.3. The number of nitrogens with zero attached hydrogens (tertiary/aromatic N) is 1. The van der Waals surface area contributed by atoms with E-state index in [1.165, 1.54) is 25.1 Å². The Bertz CT molecular complexity index is 1090. The van der Waals surface area contributed by atoms with E-state index in [2.05, 4.69) is 10.3 Å². The van der Waals surface area contributed by atoms with Gasteiger partial charge in [-0.3, -0.25) is 9.59 Å². The maximum Gasteiger partial charge on any atom is 0.417 e. The van der Waals surface area contributed by atoms with Crippen LogP contribution in [-0.2, 0) is 9.53 Å². The summed E-state index contributed by atoms with van der Waals surface area (Å²) in [6.07, 6.45) is -6.68. The second-order valence-corrected chi connectivity index (χ2v) is 7.70. The highest BCUT2D eigenvalue weighted by atomic mass is 19.4. The lowest BCUT2D eigenvalue weighted by Crippen LogP contribution is -2.47. The summed E-state index contributed by atoms with van der Waals surface area (Å²) in [5.74, 6) is -8.17. The van der Waals surface area contributed by atoms with Gasteiger partial charge in [0.05, 0.1) is 7.11 Å². The van der Waals surface area contributed by atoms with Crippen molar-refractivity contribution in [2.45, 2.75) is 37.6 Å². The molecule has 3 rings (SSSR count). The lowest BCUT2D eigenvalue weighted by Gasteiger charge is -2.32. The third-order valence-corrected chi connectivity index (χ3v) is 5.82. The molecule has 1 aromatic heterocycles. The number of ether oxygens (including phenoxy) is 2. The Balaban J connectivity index is 2.07. The summed E-state index contributed by atoms with van der Waals surface area (Å²) in [6, 6.07) is 5.71. The Morgan fingerprint density at radius 1 is 1.21 bits per heavy atom. The lowest BCUT2D eigenvalue weighted by atomic mass is 9.77. The molecule has 0 unspecified atom stereocenters. The number of pyridine rings is 1. The number of carbonyl (C=O) groups excluding carboxylic acids is 2. The first-order valence-corrected chi connectivity index (χ1v) is 9.66. The number of halogens is 5. The van der Waals surface area contributed by atoms with E-state index >= 15 is 0 Å². The van der Waals surface area contributed by atoms with Gasteiger partial charge in [-0.15, -0.1) is 0 Å². The average molecular weight is 473 g/mol. The fraction of sp³-hybridized carbons (Fsp3) is 0.381. The molecule has 3 N–H and O–H groups in total. The Labute approximate surface area is 185 Å². The van der Waals surface area contributed by atoms with Crippen LogP contribution < -0.4 is 15.8 Å². The number of anilines is 1. The third-order valence-electron chi connectivity index (χ3n) is 5.82. The Hall–Kier alpha value is -3.28. The summed E-state index contributed by atoms with van der Waals surface area (Å²) in [5.41, 5.74) is 2.00. The molecule has 1 aliphatic rings. The summed E-state index contributed by atoms with van der Waals surface area (Å²) >= 11 is 0. The van der Waals surface area contributed by atoms with E-state index in [1.807, 2.05) is 0 Å². The Morgan fingerprint density at radius 2 is 1.88 bits per heavy atom. The summed E-state index contributed by atoms with van der Waals surface area (Å²) in [7, 11) is 1.03. The Kier molecular flexibility index (Phi) is 6.33. The molecular formula is C21H20F5N3O4. The number of carbonyl (C=O) groups is 2. The molecule has 33 heavy (non-hydrogen) atoms. The van der Waals surface area contributed by atoms with E-state index in [1.54, 1.807) is 0 Å². The van der Waals surface area contributed by atoms with Crippen molar-refractivity contribution in [2.24, 2.45) is 11.7 Å². The predicted octanol–water partition coefficient (Wildman–Crippen LogP) is 3.55. The fourth-order valence-corrected chi connectivity index (χ4v) is 3.88. The van der Waals surface area contributed by atoms with Crippen molar-refractivity contribution in [3.8, 4) is 5.75 Å². The molecule has 0 aliphatic carbocycles. The number of primary amides is 1. The second kappa shape index (κ2) is 8.58. The monoisotopic (exact) mass is 473 g/mol. The van der Waals surface area contributed by atoms with Crippen LogP contribution in [0.4, 0.5) is 27.8 Å². The van der Waals surface area contributed by atoms with Crippen LogP contribution in [0.1, 0.15) is 35.8 Å². The number of rotatable bonds is 5. The van der Waals surface area contributed by atoms with E-state index < -0.39 is 58.9 Å². The Morgan fingerprint density at radius 3 is 2.45 bits per heavy atom. The second-order valence-electron chi connectivity index (χ2n) is 7.70. The molecule has 12 heteroatoms. The highest BCUT2D eigenvalue weighted by Gasteiger charge is 2.65. The van der Waals surface area contributed by atoms with Gasteiger partial charge >= 0.3 is 6.18 Å². The number of nitrogens with one attached hydrogen (secondary N) is 1. The van der Waals surface area contributed by atoms with Crippen molar-refractivity contribution in [1.82, 2.24) is 4.98 Å². The molecule has 7 nitrogen and oxygen atoms in total. The molecule has 0 spiro atoms. The van der Waals surface area contributed by atoms with E-state index in [4.69, 9.17) is 15.2 Å². The summed E-state index contributed by atoms with van der Waals surface area (Å²) in [4.78, 5) is 28.2. The van der Waals surface area contributed by atoms with Crippen LogP contribution in [0.5, 0.6) is 5.75 Å². The molecule has 2 heterocycles. The average Bonchev–Trinajstić information content (AvgIpc) is 3.02. The number of alkyl halides is 3. The number of hydrogen-bond acceptors (Lipinski definition) is 5. The lowest BCUT2D eigenvalue weighted by molar-refractivity contribution is -0.272. The van der Waals surface area contributed by atoms with Crippen molar-refractivity contribution < 1.29 is 41.0 Å². The van der Waals surface area contributed by atoms with Gasteiger partial charge in [0.1, 0.15) is 17.6 Å². The van der Waals surface area contributed by atoms with Crippen molar-refractivity contribution in [3.05, 3.63) is 53.2 Å². The van der Waals surface area contributed by atoms with Gasteiger partial charge in [0.2, 0.25) is 5.82 Å². The van der Waals surface area contributed by atoms with Crippen LogP contribution in [-0.4, -0.2) is 41.8 Å². The van der Waals surface area contributed by atoms with E-state index in [0.717, 1.165) is 26.2 Å². The molecule has 1 fully saturated rings. The van der Waals surface area contributed by atoms with Gasteiger partial charge in [-0.2, -0.15) is 17.6 Å². The molecule has 1 aromatic carbocycles. The van der Waals surface area contributed by atoms with E-state index in [9.17, 15) is 31.5 Å². The highest BCUT2D eigenvalue weighted by molar-refractivity contribution is 5.96. The van der Waals surface area contributed by atoms with E-state index in [-0.39, 0.29) is 17.1 Å². The molecule has 0 saturated carbocycles. The van der Waals surface area contributed by atoms with Gasteiger partial charge in [0.15, 0.2) is 17.2 Å². The quantitative estimate of drug-likeness (QED) is 0.647. The zero-order chi connectivity index (χ0) is 24.7. The number of nitrogens with two attached hydrogens (primary N) is 1. The molecule has 1 aliphatic heterocycles. The fourth-order valence-electron chi connectivity index (χ4n) is 3.88. The van der Waals surface area contributed by atoms with Gasteiger partial charge in [0, 0.05) is 17.4 Å². The largest absolute Gasteiger partial charge is 0.493 e. The van der Waals surface area contributed by atoms with Crippen molar-refractivity contribution in [2.75, 3.05) is 12.4 Å². The topological polar surface area (TPSA) is 104 Å². The molecule has 0 radical (unpaired) electrons. The normalized spacial score (nSPS) is 25.0. The first-order valence-electron chi connectivity index (χ1n) is 9.66. The minimum absolute atomic E-state index is 0.163. The van der Waals surface area contributed by atoms with Gasteiger partial charge in [-0.1, -0.05) is 19.1 Å². The van der Waals surface area contributed by atoms with Crippen molar-refractivity contribution in [1.29, 1.82) is 0 Å². The van der Waals surface area contributed by atoms with Crippen LogP contribution in [0.25, 0.3) is 0 Å². The van der Waals surface area contributed by atoms with Crippen LogP contribution in [0.3, 0.4) is 0 Å². The molecule has 1 saturated heterocycles. The predicted molar refractivity (Wildman–Crippen MR) is 106 cm³/mol. The summed E-state index contributed by atoms with van der Waals surface area (Å²) in [5, 5.41) is 2.29.